The van der Waals surface area contributed by atoms with Crippen molar-refractivity contribution >= 4 is 138 Å². The van der Waals surface area contributed by atoms with Crippen LogP contribution in [0.2, 0.25) is 0 Å². The Hall–Kier alpha value is -14.8. The standard InChI is InChI=1S/C28H32N4O3.C27H32N4O3.C26H30FN5O2.C26H31N5O4/c1-3-17-31(23-12-8-5-9-13-23)27(35)22-14-15-25-24(19-22)29-28(32(25)18-16-20(2)33)30-26(34)21-10-6-4-7-11-21;1-3-30(22-12-8-5-9-13-22)26(34)21-14-15-24-23(18-21)28-27(31(24)17-16-19(2)32)29-25(33)20-10-6-4-7-11-20;1-17(18-8-11-20(27)12-9-18)29-26-30-22-16-19(10-13-23(22)32(26)15-14-24(28)33)25(34)31(2)21-6-4-3-5-7-21;1-30(19-6-4-3-5-7-19)25(34)18-10-13-22-21(16-18)28-26(31(22)15-14-23(27)32)29-24(33)17-8-11-20(35-2)12-9-17/h3-4,6-7,10-11,14-15,19,23H,1,5,8-9,12-13,16-18H2,2H3,(H,29,30,34);4,6-7,10-11,14-15,18,22H,3,5,8-9,12-13,16-17H2,1-2H3,(H,28,29,33);8-13,16,21H,1,3-7,14-15H2,2H3,(H2,28,33)(H,29,30);8-13,16,19H,3-7,14-15H2,1-2H3,(H2,27,32)(H,28,29,33). The number of aromatic nitrogens is 8. The zero-order valence-corrected chi connectivity index (χ0v) is 79.6. The molecule has 4 saturated carbocycles. The number of ether oxygens (including phenoxy) is 1. The quantitative estimate of drug-likeness (QED) is 0.0208. The zero-order chi connectivity index (χ0) is 98.1. The van der Waals surface area contributed by atoms with Crippen LogP contribution >= 0.6 is 0 Å². The van der Waals surface area contributed by atoms with Crippen LogP contribution in [0.25, 0.3) is 49.8 Å². The Labute approximate surface area is 803 Å². The van der Waals surface area contributed by atoms with Gasteiger partial charge in [0.2, 0.25) is 35.6 Å². The molecule has 4 aliphatic carbocycles. The molecule has 0 aliphatic heterocycles. The number of aryl methyl sites for hydroxylation is 4. The fourth-order valence-corrected chi connectivity index (χ4v) is 18.5. The maximum Gasteiger partial charge on any atom is 0.257 e. The van der Waals surface area contributed by atoms with Crippen LogP contribution < -0.4 is 37.5 Å². The molecule has 4 heterocycles. The molecular weight excluding hydrogens is 1750 g/mol. The molecule has 4 aromatic heterocycles. The number of ketones is 2. The van der Waals surface area contributed by atoms with Gasteiger partial charge in [-0.05, 0) is 211 Å². The van der Waals surface area contributed by atoms with Gasteiger partial charge in [-0.1, -0.05) is 138 Å². The normalized spacial score (nSPS) is 14.1. The van der Waals surface area contributed by atoms with E-state index in [1.165, 1.54) is 57.6 Å². The zero-order valence-electron chi connectivity index (χ0n) is 79.6. The molecular formula is C107H125FN18O12. The highest BCUT2D eigenvalue weighted by molar-refractivity contribution is 6.08. The molecule has 30 nitrogen and oxygen atoms in total. The molecule has 138 heavy (non-hydrogen) atoms. The summed E-state index contributed by atoms with van der Waals surface area (Å²) < 4.78 is 25.7. The smallest absolute Gasteiger partial charge is 0.257 e. The summed E-state index contributed by atoms with van der Waals surface area (Å²) in [6.45, 7) is 15.5. The maximum absolute atomic E-state index is 13.5. The number of nitrogens with two attached hydrogens (primary N) is 2. The number of fused-ring (bicyclic) bond motifs is 4. The largest absolute Gasteiger partial charge is 0.497 e. The fraction of sp³-hybridized carbons (Fsp3) is 0.374. The van der Waals surface area contributed by atoms with Gasteiger partial charge in [-0.2, -0.15) is 0 Å². The van der Waals surface area contributed by atoms with Crippen molar-refractivity contribution in [2.75, 3.05) is 55.6 Å². The Morgan fingerprint density at radius 2 is 0.688 bits per heavy atom. The van der Waals surface area contributed by atoms with Crippen molar-refractivity contribution < 1.29 is 61.9 Å². The molecule has 0 atom stereocenters. The number of Topliss-reactive ketones (excluding diaryl/α,β-unsaturated/α-hetero) is 2. The summed E-state index contributed by atoms with van der Waals surface area (Å²) in [6.07, 6.45) is 25.0. The Morgan fingerprint density at radius 1 is 0.391 bits per heavy atom. The Bertz CT molecular complexity index is 6360. The summed E-state index contributed by atoms with van der Waals surface area (Å²) in [7, 11) is 5.28. The van der Waals surface area contributed by atoms with Gasteiger partial charge in [-0.3, -0.25) is 68.7 Å². The summed E-state index contributed by atoms with van der Waals surface area (Å²) in [5, 5.41) is 11.8. The second kappa shape index (κ2) is 48.1. The minimum atomic E-state index is -0.458. The van der Waals surface area contributed by atoms with Gasteiger partial charge in [0.15, 0.2) is 0 Å². The van der Waals surface area contributed by atoms with Crippen molar-refractivity contribution in [1.29, 1.82) is 0 Å². The Morgan fingerprint density at radius 3 is 1.01 bits per heavy atom. The Kier molecular flexibility index (Phi) is 35.1. The second-order valence-corrected chi connectivity index (χ2v) is 35.8. The van der Waals surface area contributed by atoms with Crippen molar-refractivity contribution in [3.63, 3.8) is 0 Å². The fourth-order valence-electron chi connectivity index (χ4n) is 18.5. The van der Waals surface area contributed by atoms with Crippen molar-refractivity contribution in [3.05, 3.63) is 252 Å². The van der Waals surface area contributed by atoms with Crippen LogP contribution in [0.1, 0.15) is 253 Å². The second-order valence-electron chi connectivity index (χ2n) is 35.8. The monoisotopic (exact) mass is 1870 g/mol. The molecule has 722 valence electrons. The number of imidazole rings is 4. The SMILES string of the molecule is C=C(Nc1nc2cc(C(=O)N(C)C3CCCCC3)ccc2n1CCC(N)=O)c1ccc(F)cc1.C=CCN(C(=O)c1ccc2c(c1)nc(NC(=O)c1ccccc1)n2CCC(C)=O)C1CCCCC1.CCN(C(=O)c1ccc2c(c1)nc(NC(=O)c1ccccc1)n2CCC(C)=O)C1CCCCC1.COc1ccc(C(=O)Nc2nc3cc(C(=O)N(C)C4CCCCC4)ccc3n2CCC(N)=O)cc1. The number of halogens is 1. The summed E-state index contributed by atoms with van der Waals surface area (Å²) in [5.74, 6) is 0.0194. The van der Waals surface area contributed by atoms with E-state index < -0.39 is 11.8 Å². The molecule has 12 aromatic rings. The summed E-state index contributed by atoms with van der Waals surface area (Å²) in [4.78, 5) is 164. The molecule has 4 aliphatic rings. The molecule has 8 N–H and O–H groups in total. The highest BCUT2D eigenvalue weighted by Crippen LogP contribution is 2.34. The number of nitrogens with zero attached hydrogens (tertiary/aromatic N) is 12. The van der Waals surface area contributed by atoms with E-state index in [0.717, 1.165) is 106 Å². The first-order valence-corrected chi connectivity index (χ1v) is 47.9. The van der Waals surface area contributed by atoms with Crippen LogP contribution in [0.4, 0.5) is 28.2 Å². The first-order chi connectivity index (χ1) is 66.6. The van der Waals surface area contributed by atoms with Gasteiger partial charge in [-0.15, -0.1) is 6.58 Å². The van der Waals surface area contributed by atoms with Crippen LogP contribution in [0, 0.1) is 5.82 Å². The average molecular weight is 1870 g/mol. The predicted molar refractivity (Wildman–Crippen MR) is 536 cm³/mol. The first-order valence-electron chi connectivity index (χ1n) is 47.9. The molecule has 8 aromatic carbocycles. The number of hydrogen-bond donors (Lipinski definition) is 6. The average Bonchev–Trinajstić information content (AvgIpc) is 1.65. The third-order valence-electron chi connectivity index (χ3n) is 26.2. The lowest BCUT2D eigenvalue weighted by Gasteiger charge is -2.33. The first kappa shape index (κ1) is 101. The van der Waals surface area contributed by atoms with E-state index >= 15 is 0 Å². The highest BCUT2D eigenvalue weighted by atomic mass is 19.1. The number of carbonyl (C=O) groups is 11. The third kappa shape index (κ3) is 25.9. The van der Waals surface area contributed by atoms with E-state index in [9.17, 15) is 57.1 Å². The predicted octanol–water partition coefficient (Wildman–Crippen LogP) is 18.4. The number of benzene rings is 8. The van der Waals surface area contributed by atoms with Crippen molar-refractivity contribution in [2.45, 2.75) is 225 Å². The van der Waals surface area contributed by atoms with Crippen LogP contribution in [0.15, 0.2) is 201 Å². The van der Waals surface area contributed by atoms with Gasteiger partial charge >= 0.3 is 0 Å². The number of nitrogens with one attached hydrogen (secondary N) is 4. The number of hydrogen-bond acceptors (Lipinski definition) is 17. The minimum Gasteiger partial charge on any atom is -0.497 e. The van der Waals surface area contributed by atoms with E-state index in [2.05, 4.69) is 54.4 Å². The van der Waals surface area contributed by atoms with Crippen LogP contribution in [0.5, 0.6) is 5.75 Å². The molecule has 0 spiro atoms. The third-order valence-corrected chi connectivity index (χ3v) is 26.2. The number of anilines is 4. The van der Waals surface area contributed by atoms with Gasteiger partial charge in [0.25, 0.3) is 41.4 Å². The van der Waals surface area contributed by atoms with Gasteiger partial charge < -0.3 is 59.4 Å². The number of primary amides is 2. The van der Waals surface area contributed by atoms with Gasteiger partial charge in [0.05, 0.1) is 51.2 Å². The van der Waals surface area contributed by atoms with Crippen molar-refractivity contribution in [1.82, 2.24) is 57.8 Å². The molecule has 31 heteroatoms. The molecule has 0 radical (unpaired) electrons. The van der Waals surface area contributed by atoms with Crippen molar-refractivity contribution in [3.8, 4) is 5.75 Å². The van der Waals surface area contributed by atoms with Crippen molar-refractivity contribution in [2.24, 2.45) is 11.5 Å². The van der Waals surface area contributed by atoms with Crippen LogP contribution in [-0.2, 0) is 45.4 Å². The van der Waals surface area contributed by atoms with Gasteiger partial charge in [0, 0.05) is 148 Å². The number of methoxy groups -OCH3 is 1. The minimum absolute atomic E-state index is 0.0180. The maximum atomic E-state index is 13.5. The lowest BCUT2D eigenvalue weighted by molar-refractivity contribution is -0.119. The molecule has 0 saturated heterocycles. The lowest BCUT2D eigenvalue weighted by atomic mass is 9.93. The van der Waals surface area contributed by atoms with E-state index in [0.29, 0.717) is 147 Å². The molecule has 0 unspecified atom stereocenters. The molecule has 16 rings (SSSR count). The molecule has 4 fully saturated rings. The number of rotatable bonds is 33. The van der Waals surface area contributed by atoms with Crippen LogP contribution in [-0.4, -0.2) is 181 Å². The van der Waals surface area contributed by atoms with E-state index in [-0.39, 0.29) is 108 Å². The summed E-state index contributed by atoms with van der Waals surface area (Å²) in [6, 6.07) is 53.2. The van der Waals surface area contributed by atoms with E-state index in [4.69, 9.17) is 16.2 Å². The van der Waals surface area contributed by atoms with E-state index in [1.807, 2.05) is 90.7 Å². The lowest BCUT2D eigenvalue weighted by Crippen LogP contribution is -2.41. The Balaban J connectivity index is 0.000000155. The van der Waals surface area contributed by atoms with E-state index in [1.54, 1.807) is 158 Å². The number of carbonyl (C=O) groups excluding carboxylic acids is 11. The summed E-state index contributed by atoms with van der Waals surface area (Å²) in [5.41, 5.74) is 21.2. The number of amides is 9. The van der Waals surface area contributed by atoms with Crippen LogP contribution in [0.3, 0.4) is 0 Å². The van der Waals surface area contributed by atoms with Gasteiger partial charge in [-0.25, -0.2) is 24.3 Å². The molecule has 9 amide bonds. The van der Waals surface area contributed by atoms with Gasteiger partial charge in [0.1, 0.15) is 23.1 Å². The highest BCUT2D eigenvalue weighted by Gasteiger charge is 2.32. The topological polar surface area (TPSA) is 381 Å². The summed E-state index contributed by atoms with van der Waals surface area (Å²) >= 11 is 0. The molecule has 0 bridgehead atoms.